The third kappa shape index (κ3) is 3.31. The van der Waals surface area contributed by atoms with E-state index in [1.54, 1.807) is 64.8 Å². The molecule has 6 nitrogen and oxygen atoms in total. The molecule has 0 saturated carbocycles. The second-order valence-electron chi connectivity index (χ2n) is 4.58. The molecule has 2 rings (SSSR count). The normalized spacial score (nSPS) is 9.91. The Morgan fingerprint density at radius 2 is 1.17 bits per heavy atom. The van der Waals surface area contributed by atoms with Gasteiger partial charge in [-0.15, -0.1) is 0 Å². The first-order valence-corrected chi connectivity index (χ1v) is 6.85. The van der Waals surface area contributed by atoms with E-state index in [4.69, 9.17) is 18.9 Å². The number of oxime groups is 1. The summed E-state index contributed by atoms with van der Waals surface area (Å²) in [5, 5.41) is 13.0. The maximum Gasteiger partial charge on any atom is 0.132 e. The molecule has 0 aliphatic carbocycles. The van der Waals surface area contributed by atoms with Gasteiger partial charge in [-0.2, -0.15) is 0 Å². The van der Waals surface area contributed by atoms with Crippen molar-refractivity contribution < 1.29 is 24.2 Å². The Bertz CT molecular complexity index is 655. The number of ether oxygens (including phenoxy) is 4. The molecule has 0 amide bonds. The van der Waals surface area contributed by atoms with Gasteiger partial charge in [0.1, 0.15) is 28.7 Å². The molecule has 0 bridgehead atoms. The minimum atomic E-state index is 0.323. The zero-order chi connectivity index (χ0) is 16.8. The van der Waals surface area contributed by atoms with Gasteiger partial charge in [-0.05, 0) is 24.3 Å². The first-order valence-electron chi connectivity index (χ1n) is 6.85. The number of rotatable bonds is 6. The second-order valence-corrected chi connectivity index (χ2v) is 4.58. The summed E-state index contributed by atoms with van der Waals surface area (Å²) >= 11 is 0. The molecule has 122 valence electrons. The zero-order valence-corrected chi connectivity index (χ0v) is 13.5. The van der Waals surface area contributed by atoms with Gasteiger partial charge in [0.15, 0.2) is 0 Å². The highest BCUT2D eigenvalue weighted by molar-refractivity contribution is 6.15. The summed E-state index contributed by atoms with van der Waals surface area (Å²) in [7, 11) is 6.22. The molecule has 0 fully saturated rings. The summed E-state index contributed by atoms with van der Waals surface area (Å²) < 4.78 is 21.1. The summed E-state index contributed by atoms with van der Waals surface area (Å²) in [5.74, 6) is 2.33. The molecule has 0 radical (unpaired) electrons. The van der Waals surface area contributed by atoms with E-state index in [2.05, 4.69) is 5.16 Å². The van der Waals surface area contributed by atoms with E-state index in [0.29, 0.717) is 39.8 Å². The van der Waals surface area contributed by atoms with Crippen LogP contribution in [0.4, 0.5) is 0 Å². The predicted octanol–water partition coefficient (Wildman–Crippen LogP) is 2.95. The fraction of sp³-hybridized carbons (Fsp3) is 0.235. The van der Waals surface area contributed by atoms with Crippen LogP contribution in [0.2, 0.25) is 0 Å². The molecule has 0 spiro atoms. The van der Waals surface area contributed by atoms with E-state index in [9.17, 15) is 5.21 Å². The maximum atomic E-state index is 9.54. The standard InChI is InChI=1S/C17H19NO5/c1-20-11-5-7-13(15(9-11)22-3)17(18-19)14-8-6-12(21-2)10-16(14)23-4/h5-10,19H,1-4H3. The average molecular weight is 317 g/mol. The van der Waals surface area contributed by atoms with Gasteiger partial charge in [0, 0.05) is 23.3 Å². The van der Waals surface area contributed by atoms with Gasteiger partial charge >= 0.3 is 0 Å². The lowest BCUT2D eigenvalue weighted by atomic mass is 10.00. The molecule has 1 N–H and O–H groups in total. The first-order chi connectivity index (χ1) is 11.2. The number of methoxy groups -OCH3 is 4. The van der Waals surface area contributed by atoms with Crippen molar-refractivity contribution in [3.63, 3.8) is 0 Å². The van der Waals surface area contributed by atoms with Crippen molar-refractivity contribution in [1.82, 2.24) is 0 Å². The van der Waals surface area contributed by atoms with Crippen LogP contribution in [0, 0.1) is 0 Å². The lowest BCUT2D eigenvalue weighted by Gasteiger charge is -2.14. The molecule has 0 aliphatic rings. The summed E-state index contributed by atoms with van der Waals surface area (Å²) in [4.78, 5) is 0. The van der Waals surface area contributed by atoms with Gasteiger partial charge in [-0.25, -0.2) is 0 Å². The molecular formula is C17H19NO5. The fourth-order valence-corrected chi connectivity index (χ4v) is 2.24. The molecular weight excluding hydrogens is 298 g/mol. The number of hydrogen-bond acceptors (Lipinski definition) is 6. The lowest BCUT2D eigenvalue weighted by Crippen LogP contribution is -2.08. The molecule has 0 heterocycles. The molecule has 23 heavy (non-hydrogen) atoms. The van der Waals surface area contributed by atoms with Crippen LogP contribution in [0.15, 0.2) is 41.6 Å². The van der Waals surface area contributed by atoms with Crippen LogP contribution in [0.25, 0.3) is 0 Å². The topological polar surface area (TPSA) is 69.5 Å². The van der Waals surface area contributed by atoms with E-state index in [1.807, 2.05) is 0 Å². The van der Waals surface area contributed by atoms with Crippen LogP contribution in [0.5, 0.6) is 23.0 Å². The maximum absolute atomic E-state index is 9.54. The van der Waals surface area contributed by atoms with E-state index in [-0.39, 0.29) is 0 Å². The summed E-state index contributed by atoms with van der Waals surface area (Å²) in [6.45, 7) is 0. The molecule has 0 unspecified atom stereocenters. The van der Waals surface area contributed by atoms with E-state index >= 15 is 0 Å². The van der Waals surface area contributed by atoms with Gasteiger partial charge in [0.25, 0.3) is 0 Å². The Morgan fingerprint density at radius 1 is 0.739 bits per heavy atom. The smallest absolute Gasteiger partial charge is 0.132 e. The number of hydrogen-bond donors (Lipinski definition) is 1. The number of benzene rings is 2. The molecule has 0 atom stereocenters. The van der Waals surface area contributed by atoms with Crippen LogP contribution in [0.1, 0.15) is 11.1 Å². The van der Waals surface area contributed by atoms with Crippen molar-refractivity contribution in [3.8, 4) is 23.0 Å². The molecule has 2 aromatic rings. The Morgan fingerprint density at radius 3 is 1.48 bits per heavy atom. The van der Waals surface area contributed by atoms with Gasteiger partial charge in [0.2, 0.25) is 0 Å². The van der Waals surface area contributed by atoms with E-state index < -0.39 is 0 Å². The highest BCUT2D eigenvalue weighted by Crippen LogP contribution is 2.32. The zero-order valence-electron chi connectivity index (χ0n) is 13.5. The van der Waals surface area contributed by atoms with Gasteiger partial charge in [-0.3, -0.25) is 0 Å². The summed E-state index contributed by atoms with van der Waals surface area (Å²) in [6.07, 6.45) is 0. The average Bonchev–Trinajstić information content (AvgIpc) is 2.62. The summed E-state index contributed by atoms with van der Waals surface area (Å²) in [6, 6.07) is 10.5. The number of nitrogens with zero attached hydrogens (tertiary/aromatic N) is 1. The van der Waals surface area contributed by atoms with Crippen molar-refractivity contribution >= 4 is 5.71 Å². The highest BCUT2D eigenvalue weighted by atomic mass is 16.5. The molecule has 0 saturated heterocycles. The van der Waals surface area contributed by atoms with Crippen molar-refractivity contribution in [2.75, 3.05) is 28.4 Å². The summed E-state index contributed by atoms with van der Waals surface area (Å²) in [5.41, 5.74) is 1.54. The van der Waals surface area contributed by atoms with Gasteiger partial charge in [0.05, 0.1) is 28.4 Å². The first kappa shape index (κ1) is 16.5. The lowest BCUT2D eigenvalue weighted by molar-refractivity contribution is 0.318. The molecule has 6 heteroatoms. The van der Waals surface area contributed by atoms with E-state index in [0.717, 1.165) is 0 Å². The fourth-order valence-electron chi connectivity index (χ4n) is 2.24. The van der Waals surface area contributed by atoms with Crippen molar-refractivity contribution in [3.05, 3.63) is 47.5 Å². The van der Waals surface area contributed by atoms with E-state index in [1.165, 1.54) is 0 Å². The SMILES string of the molecule is COc1ccc(C(=NO)c2ccc(OC)cc2OC)c(OC)c1. The van der Waals surface area contributed by atoms with Crippen LogP contribution in [-0.4, -0.2) is 39.4 Å². The largest absolute Gasteiger partial charge is 0.497 e. The van der Waals surface area contributed by atoms with Crippen LogP contribution >= 0.6 is 0 Å². The third-order valence-electron chi connectivity index (χ3n) is 3.43. The molecule has 2 aromatic carbocycles. The van der Waals surface area contributed by atoms with Crippen molar-refractivity contribution in [1.29, 1.82) is 0 Å². The Hall–Kier alpha value is -2.89. The molecule has 0 aromatic heterocycles. The Balaban J connectivity index is 2.57. The van der Waals surface area contributed by atoms with Crippen LogP contribution in [0.3, 0.4) is 0 Å². The Labute approximate surface area is 134 Å². The minimum Gasteiger partial charge on any atom is -0.497 e. The van der Waals surface area contributed by atoms with Crippen LogP contribution in [-0.2, 0) is 0 Å². The van der Waals surface area contributed by atoms with Crippen molar-refractivity contribution in [2.24, 2.45) is 5.16 Å². The van der Waals surface area contributed by atoms with Crippen molar-refractivity contribution in [2.45, 2.75) is 0 Å². The van der Waals surface area contributed by atoms with Crippen LogP contribution < -0.4 is 18.9 Å². The monoisotopic (exact) mass is 317 g/mol. The van der Waals surface area contributed by atoms with Gasteiger partial charge in [-0.1, -0.05) is 5.16 Å². The minimum absolute atomic E-state index is 0.323. The second kappa shape index (κ2) is 7.40. The predicted molar refractivity (Wildman–Crippen MR) is 86.5 cm³/mol. The highest BCUT2D eigenvalue weighted by Gasteiger charge is 2.18. The molecule has 0 aliphatic heterocycles. The van der Waals surface area contributed by atoms with Gasteiger partial charge < -0.3 is 24.2 Å². The third-order valence-corrected chi connectivity index (χ3v) is 3.43. The Kier molecular flexibility index (Phi) is 5.30. The quantitative estimate of drug-likeness (QED) is 0.504.